The van der Waals surface area contributed by atoms with E-state index in [4.69, 9.17) is 0 Å². The topological polar surface area (TPSA) is 88.8 Å². The van der Waals surface area contributed by atoms with Gasteiger partial charge in [0.15, 0.2) is 11.6 Å². The van der Waals surface area contributed by atoms with Crippen LogP contribution in [0, 0.1) is 15.2 Å². The van der Waals surface area contributed by atoms with Crippen molar-refractivity contribution in [1.29, 1.82) is 0 Å². The molecule has 7 nitrogen and oxygen atoms in total. The minimum absolute atomic E-state index is 0.140. The number of nitrogens with zero attached hydrogens (tertiary/aromatic N) is 4. The highest BCUT2D eigenvalue weighted by Crippen LogP contribution is 2.29. The van der Waals surface area contributed by atoms with Crippen LogP contribution in [0.5, 0.6) is 0 Å². The van der Waals surface area contributed by atoms with Crippen LogP contribution >= 0.6 is 22.6 Å². The van der Waals surface area contributed by atoms with Gasteiger partial charge >= 0.3 is 0 Å². The number of nitrogens with one attached hydrogen (secondary N) is 2. The molecule has 2 heterocycles. The van der Waals surface area contributed by atoms with Crippen LogP contribution in [0.2, 0.25) is 0 Å². The van der Waals surface area contributed by atoms with Gasteiger partial charge in [-0.05, 0) is 75.2 Å². The second-order valence-corrected chi connectivity index (χ2v) is 7.12. The molecule has 0 radical (unpaired) electrons. The van der Waals surface area contributed by atoms with Gasteiger partial charge in [-0.1, -0.05) is 13.0 Å². The molecule has 0 unspecified atom stereocenters. The molecule has 2 aromatic carbocycles. The smallest absolute Gasteiger partial charge is 0.245 e. The number of aromatic nitrogens is 4. The number of hydrogen-bond donors (Lipinski definition) is 2. The zero-order valence-corrected chi connectivity index (χ0v) is 16.7. The van der Waals surface area contributed by atoms with Crippen molar-refractivity contribution in [2.75, 3.05) is 10.6 Å². The molecule has 0 amide bonds. The first-order valence-electron chi connectivity index (χ1n) is 8.31. The summed E-state index contributed by atoms with van der Waals surface area (Å²) >= 11 is 2.01. The third kappa shape index (κ3) is 3.72. The fourth-order valence-corrected chi connectivity index (χ4v) is 2.99. The van der Waals surface area contributed by atoms with E-state index in [9.17, 15) is 8.78 Å². The van der Waals surface area contributed by atoms with Gasteiger partial charge in [-0.25, -0.2) is 23.4 Å². The Bertz CT molecular complexity index is 1170. The lowest BCUT2D eigenvalue weighted by Crippen LogP contribution is -2.05. The van der Waals surface area contributed by atoms with Crippen molar-refractivity contribution < 1.29 is 13.4 Å². The number of rotatable bonds is 5. The summed E-state index contributed by atoms with van der Waals surface area (Å²) in [4.78, 5) is 8.52. The van der Waals surface area contributed by atoms with Gasteiger partial charge in [0.05, 0.1) is 11.4 Å². The Labute approximate surface area is 171 Å². The van der Waals surface area contributed by atoms with Gasteiger partial charge in [-0.3, -0.25) is 0 Å². The first-order chi connectivity index (χ1) is 13.5. The van der Waals surface area contributed by atoms with E-state index < -0.39 is 11.6 Å². The standard InChI is InChI=1S/C18H13F2IN6O/c1-2-9-3-5-13(11(19)7-9)22-15-16(25-18-17(24-15)26-28-27-18)23-14-6-4-10(21)8-12(14)20/h3-8H,2H2,1H3,(H,22,24,26)(H,23,25,27). The normalized spacial score (nSPS) is 11.0. The molecule has 0 aliphatic carbocycles. The molecule has 2 N–H and O–H groups in total. The van der Waals surface area contributed by atoms with Crippen molar-refractivity contribution >= 4 is 56.9 Å². The molecule has 28 heavy (non-hydrogen) atoms. The molecule has 0 aliphatic heterocycles. The molecule has 0 bridgehead atoms. The van der Waals surface area contributed by atoms with Gasteiger partial charge in [0.1, 0.15) is 11.6 Å². The average Bonchev–Trinajstić information content (AvgIpc) is 3.12. The monoisotopic (exact) mass is 494 g/mol. The Hall–Kier alpha value is -2.89. The van der Waals surface area contributed by atoms with Crippen LogP contribution in [-0.4, -0.2) is 20.3 Å². The van der Waals surface area contributed by atoms with E-state index in [0.29, 0.717) is 6.42 Å². The van der Waals surface area contributed by atoms with Crippen molar-refractivity contribution in [2.24, 2.45) is 0 Å². The number of fused-ring (bicyclic) bond motifs is 1. The Kier molecular flexibility index (Phi) is 5.03. The zero-order valence-electron chi connectivity index (χ0n) is 14.5. The summed E-state index contributed by atoms with van der Waals surface area (Å²) < 4.78 is 34.0. The van der Waals surface area contributed by atoms with E-state index in [1.807, 2.05) is 29.5 Å². The lowest BCUT2D eigenvalue weighted by molar-refractivity contribution is 0.314. The number of aryl methyl sites for hydroxylation is 1. The van der Waals surface area contributed by atoms with Crippen LogP contribution in [0.15, 0.2) is 41.0 Å². The van der Waals surface area contributed by atoms with Crippen LogP contribution in [-0.2, 0) is 6.42 Å². The van der Waals surface area contributed by atoms with Gasteiger partial charge in [0, 0.05) is 3.57 Å². The number of anilines is 4. The van der Waals surface area contributed by atoms with E-state index in [1.165, 1.54) is 12.1 Å². The summed E-state index contributed by atoms with van der Waals surface area (Å²) in [5, 5.41) is 13.0. The van der Waals surface area contributed by atoms with Gasteiger partial charge in [-0.2, -0.15) is 0 Å². The van der Waals surface area contributed by atoms with E-state index >= 15 is 0 Å². The summed E-state index contributed by atoms with van der Waals surface area (Å²) in [5.41, 5.74) is 1.54. The summed E-state index contributed by atoms with van der Waals surface area (Å²) in [5.74, 6) is -0.589. The molecule has 142 valence electrons. The summed E-state index contributed by atoms with van der Waals surface area (Å²) in [7, 11) is 0. The molecule has 4 rings (SSSR count). The SMILES string of the molecule is CCc1ccc(Nc2nc3nonc3nc2Nc2ccc(I)cc2F)c(F)c1. The maximum absolute atomic E-state index is 14.4. The first-order valence-corrected chi connectivity index (χ1v) is 9.39. The molecule has 2 aromatic heterocycles. The molecule has 0 atom stereocenters. The van der Waals surface area contributed by atoms with Crippen LogP contribution < -0.4 is 10.6 Å². The minimum atomic E-state index is -0.462. The van der Waals surface area contributed by atoms with Crippen molar-refractivity contribution in [3.63, 3.8) is 0 Å². The predicted octanol–water partition coefficient (Wildman–Crippen LogP) is 4.95. The van der Waals surface area contributed by atoms with Crippen LogP contribution in [0.25, 0.3) is 11.3 Å². The molecule has 10 heteroatoms. The van der Waals surface area contributed by atoms with Gasteiger partial charge in [0.25, 0.3) is 0 Å². The zero-order chi connectivity index (χ0) is 19.7. The molecule has 0 saturated carbocycles. The Morgan fingerprint density at radius 2 is 1.46 bits per heavy atom. The van der Waals surface area contributed by atoms with Crippen molar-refractivity contribution in [3.8, 4) is 0 Å². The second kappa shape index (κ2) is 7.62. The van der Waals surface area contributed by atoms with Gasteiger partial charge < -0.3 is 10.6 Å². The van der Waals surface area contributed by atoms with Crippen LogP contribution in [0.3, 0.4) is 0 Å². The predicted molar refractivity (Wildman–Crippen MR) is 109 cm³/mol. The van der Waals surface area contributed by atoms with E-state index in [-0.39, 0.29) is 34.3 Å². The Morgan fingerprint density at radius 1 is 0.893 bits per heavy atom. The minimum Gasteiger partial charge on any atom is -0.335 e. The molecule has 0 spiro atoms. The highest BCUT2D eigenvalue weighted by atomic mass is 127. The molecule has 0 aliphatic rings. The van der Waals surface area contributed by atoms with Crippen molar-refractivity contribution in [2.45, 2.75) is 13.3 Å². The molecular formula is C18H13F2IN6O. The third-order valence-corrected chi connectivity index (χ3v) is 4.66. The van der Waals surface area contributed by atoms with Gasteiger partial charge in [-0.15, -0.1) is 0 Å². The Balaban J connectivity index is 1.75. The first kappa shape index (κ1) is 18.5. The number of halogens is 3. The maximum atomic E-state index is 14.4. The quantitative estimate of drug-likeness (QED) is 0.380. The largest absolute Gasteiger partial charge is 0.335 e. The fraction of sp³-hybridized carbons (Fsp3) is 0.111. The summed E-state index contributed by atoms with van der Waals surface area (Å²) in [6, 6.07) is 9.55. The molecule has 0 fully saturated rings. The van der Waals surface area contributed by atoms with E-state index in [2.05, 4.69) is 35.5 Å². The molecular weight excluding hydrogens is 481 g/mol. The lowest BCUT2D eigenvalue weighted by Gasteiger charge is -2.13. The Morgan fingerprint density at radius 3 is 2.00 bits per heavy atom. The number of benzene rings is 2. The van der Waals surface area contributed by atoms with E-state index in [0.717, 1.165) is 9.13 Å². The van der Waals surface area contributed by atoms with Crippen LogP contribution in [0.4, 0.5) is 31.8 Å². The van der Waals surface area contributed by atoms with Crippen molar-refractivity contribution in [3.05, 3.63) is 57.2 Å². The summed E-state index contributed by atoms with van der Waals surface area (Å²) in [6.45, 7) is 1.94. The highest BCUT2D eigenvalue weighted by Gasteiger charge is 2.16. The lowest BCUT2D eigenvalue weighted by atomic mass is 10.1. The molecule has 0 saturated heterocycles. The summed E-state index contributed by atoms with van der Waals surface area (Å²) in [6.07, 6.45) is 0.715. The van der Waals surface area contributed by atoms with Crippen LogP contribution in [0.1, 0.15) is 12.5 Å². The van der Waals surface area contributed by atoms with E-state index in [1.54, 1.807) is 24.3 Å². The highest BCUT2D eigenvalue weighted by molar-refractivity contribution is 14.1. The molecule has 4 aromatic rings. The second-order valence-electron chi connectivity index (χ2n) is 5.87. The number of hydrogen-bond acceptors (Lipinski definition) is 7. The van der Waals surface area contributed by atoms with Gasteiger partial charge in [0.2, 0.25) is 11.3 Å². The fourth-order valence-electron chi connectivity index (χ4n) is 2.54. The maximum Gasteiger partial charge on any atom is 0.245 e. The van der Waals surface area contributed by atoms with Crippen molar-refractivity contribution in [1.82, 2.24) is 20.3 Å². The average molecular weight is 494 g/mol. The third-order valence-electron chi connectivity index (χ3n) is 3.99.